The summed E-state index contributed by atoms with van der Waals surface area (Å²) in [6, 6.07) is 4.10. The largest absolute Gasteiger partial charge is 0.383 e. The van der Waals surface area contributed by atoms with Crippen LogP contribution in [-0.2, 0) is 11.3 Å². The third-order valence-corrected chi connectivity index (χ3v) is 2.19. The summed E-state index contributed by atoms with van der Waals surface area (Å²) in [6.45, 7) is 5.09. The molecule has 0 aromatic carbocycles. The lowest BCUT2D eigenvalue weighted by atomic mass is 10.2. The quantitative estimate of drug-likeness (QED) is 0.586. The van der Waals surface area contributed by atoms with E-state index in [9.17, 15) is 0 Å². The van der Waals surface area contributed by atoms with Crippen molar-refractivity contribution in [3.63, 3.8) is 0 Å². The van der Waals surface area contributed by atoms with Crippen molar-refractivity contribution in [3.8, 4) is 0 Å². The van der Waals surface area contributed by atoms with Gasteiger partial charge in [0, 0.05) is 19.3 Å². The van der Waals surface area contributed by atoms with Gasteiger partial charge in [-0.3, -0.25) is 4.98 Å². The number of nitrogens with zero attached hydrogens (tertiary/aromatic N) is 2. The highest BCUT2D eigenvalue weighted by Gasteiger charge is 2.01. The van der Waals surface area contributed by atoms with Gasteiger partial charge in [-0.25, -0.2) is 4.99 Å². The number of aromatic nitrogens is 1. The van der Waals surface area contributed by atoms with Gasteiger partial charge in [-0.2, -0.15) is 0 Å². The van der Waals surface area contributed by atoms with Gasteiger partial charge in [-0.15, -0.1) is 0 Å². The summed E-state index contributed by atoms with van der Waals surface area (Å²) in [7, 11) is 1.65. The highest BCUT2D eigenvalue weighted by Crippen LogP contribution is 2.00. The lowest BCUT2D eigenvalue weighted by Crippen LogP contribution is -2.40. The molecule has 1 unspecified atom stereocenters. The van der Waals surface area contributed by atoms with E-state index in [4.69, 9.17) is 10.5 Å². The van der Waals surface area contributed by atoms with Crippen molar-refractivity contribution in [3.05, 3.63) is 29.6 Å². The maximum absolute atomic E-state index is 5.75. The number of aryl methyl sites for hydroxylation is 1. The molecule has 1 aromatic rings. The molecule has 0 saturated carbocycles. The number of hydrogen-bond acceptors (Lipinski definition) is 3. The summed E-state index contributed by atoms with van der Waals surface area (Å²) in [5, 5.41) is 3.04. The first-order valence-corrected chi connectivity index (χ1v) is 5.58. The van der Waals surface area contributed by atoms with E-state index in [2.05, 4.69) is 15.3 Å². The van der Waals surface area contributed by atoms with Crippen LogP contribution in [0.2, 0.25) is 0 Å². The number of guanidine groups is 1. The molecule has 0 aliphatic rings. The van der Waals surface area contributed by atoms with Crippen molar-refractivity contribution in [2.24, 2.45) is 10.7 Å². The van der Waals surface area contributed by atoms with Gasteiger partial charge in [0.15, 0.2) is 5.96 Å². The summed E-state index contributed by atoms with van der Waals surface area (Å²) >= 11 is 0. The van der Waals surface area contributed by atoms with E-state index in [0.717, 1.165) is 5.69 Å². The predicted octanol–water partition coefficient (Wildman–Crippen LogP) is 0.829. The topological polar surface area (TPSA) is 72.5 Å². The van der Waals surface area contributed by atoms with E-state index in [0.29, 0.717) is 19.1 Å². The molecule has 0 amide bonds. The van der Waals surface area contributed by atoms with E-state index >= 15 is 0 Å². The summed E-state index contributed by atoms with van der Waals surface area (Å²) in [5.41, 5.74) is 7.83. The monoisotopic (exact) mass is 236 g/mol. The molecule has 17 heavy (non-hydrogen) atoms. The minimum atomic E-state index is 0.147. The van der Waals surface area contributed by atoms with Gasteiger partial charge in [0.2, 0.25) is 0 Å². The standard InChI is InChI=1S/C12H20N4O/c1-9-4-5-14-11(6-9)7-15-12(13)16-10(2)8-17-3/h4-6,10H,7-8H2,1-3H3,(H3,13,15,16). The molecule has 0 bridgehead atoms. The van der Waals surface area contributed by atoms with Gasteiger partial charge < -0.3 is 15.8 Å². The smallest absolute Gasteiger partial charge is 0.189 e. The minimum Gasteiger partial charge on any atom is -0.383 e. The molecule has 1 heterocycles. The maximum Gasteiger partial charge on any atom is 0.189 e. The predicted molar refractivity (Wildman–Crippen MR) is 68.8 cm³/mol. The number of aliphatic imine (C=N–C) groups is 1. The number of hydrogen-bond donors (Lipinski definition) is 2. The number of rotatable bonds is 5. The van der Waals surface area contributed by atoms with Crippen molar-refractivity contribution in [2.45, 2.75) is 26.4 Å². The summed E-state index contributed by atoms with van der Waals surface area (Å²) < 4.78 is 5.00. The normalized spacial score (nSPS) is 13.5. The zero-order valence-electron chi connectivity index (χ0n) is 10.6. The molecule has 0 aliphatic heterocycles. The Bertz CT molecular complexity index is 379. The van der Waals surface area contributed by atoms with Crippen LogP contribution >= 0.6 is 0 Å². The van der Waals surface area contributed by atoms with Gasteiger partial charge in [-0.1, -0.05) is 0 Å². The Morgan fingerprint density at radius 3 is 3.06 bits per heavy atom. The van der Waals surface area contributed by atoms with Crippen LogP contribution in [0.4, 0.5) is 0 Å². The summed E-state index contributed by atoms with van der Waals surface area (Å²) in [5.74, 6) is 0.415. The molecule has 1 atom stereocenters. The van der Waals surface area contributed by atoms with Crippen LogP contribution in [0.1, 0.15) is 18.2 Å². The minimum absolute atomic E-state index is 0.147. The van der Waals surface area contributed by atoms with Crippen molar-refractivity contribution in [2.75, 3.05) is 13.7 Å². The summed E-state index contributed by atoms with van der Waals surface area (Å²) in [6.07, 6.45) is 1.78. The zero-order valence-corrected chi connectivity index (χ0v) is 10.6. The van der Waals surface area contributed by atoms with Crippen LogP contribution in [0.3, 0.4) is 0 Å². The van der Waals surface area contributed by atoms with E-state index in [1.165, 1.54) is 5.56 Å². The highest BCUT2D eigenvalue weighted by atomic mass is 16.5. The average molecular weight is 236 g/mol. The van der Waals surface area contributed by atoms with Crippen LogP contribution in [0.25, 0.3) is 0 Å². The molecule has 5 nitrogen and oxygen atoms in total. The van der Waals surface area contributed by atoms with Gasteiger partial charge in [0.05, 0.1) is 18.8 Å². The molecule has 5 heteroatoms. The average Bonchev–Trinajstić information content (AvgIpc) is 2.27. The Morgan fingerprint density at radius 1 is 1.65 bits per heavy atom. The first-order valence-electron chi connectivity index (χ1n) is 5.58. The molecule has 0 aliphatic carbocycles. The van der Waals surface area contributed by atoms with Crippen molar-refractivity contribution in [1.29, 1.82) is 0 Å². The van der Waals surface area contributed by atoms with Gasteiger partial charge in [0.1, 0.15) is 0 Å². The molecular weight excluding hydrogens is 216 g/mol. The van der Waals surface area contributed by atoms with Crippen LogP contribution in [0, 0.1) is 6.92 Å². The summed E-state index contributed by atoms with van der Waals surface area (Å²) in [4.78, 5) is 8.43. The second kappa shape index (κ2) is 6.85. The fourth-order valence-corrected chi connectivity index (χ4v) is 1.44. The molecule has 3 N–H and O–H groups in total. The Labute approximate surface area is 102 Å². The third-order valence-electron chi connectivity index (χ3n) is 2.19. The van der Waals surface area contributed by atoms with Crippen LogP contribution in [-0.4, -0.2) is 30.7 Å². The second-order valence-corrected chi connectivity index (χ2v) is 4.03. The van der Waals surface area contributed by atoms with Crippen molar-refractivity contribution < 1.29 is 4.74 Å². The number of methoxy groups -OCH3 is 1. The first-order chi connectivity index (χ1) is 8.11. The van der Waals surface area contributed by atoms with Crippen LogP contribution < -0.4 is 11.1 Å². The molecule has 1 rings (SSSR count). The van der Waals surface area contributed by atoms with E-state index in [1.54, 1.807) is 13.3 Å². The Kier molecular flexibility index (Phi) is 5.42. The van der Waals surface area contributed by atoms with Crippen molar-refractivity contribution >= 4 is 5.96 Å². The van der Waals surface area contributed by atoms with Crippen molar-refractivity contribution in [1.82, 2.24) is 10.3 Å². The Balaban J connectivity index is 2.47. The van der Waals surface area contributed by atoms with E-state index in [-0.39, 0.29) is 6.04 Å². The fraction of sp³-hybridized carbons (Fsp3) is 0.500. The number of nitrogens with two attached hydrogens (primary N) is 1. The molecular formula is C12H20N4O. The van der Waals surface area contributed by atoms with Crippen LogP contribution in [0.15, 0.2) is 23.3 Å². The molecule has 0 spiro atoms. The Morgan fingerprint density at radius 2 is 2.41 bits per heavy atom. The van der Waals surface area contributed by atoms with Gasteiger partial charge >= 0.3 is 0 Å². The SMILES string of the molecule is COCC(C)NC(N)=NCc1cc(C)ccn1. The first kappa shape index (κ1) is 13.4. The van der Waals surface area contributed by atoms with Crippen LogP contribution in [0.5, 0.6) is 0 Å². The zero-order chi connectivity index (χ0) is 12.7. The lowest BCUT2D eigenvalue weighted by Gasteiger charge is -2.12. The maximum atomic E-state index is 5.75. The Hall–Kier alpha value is -1.62. The molecule has 0 radical (unpaired) electrons. The lowest BCUT2D eigenvalue weighted by molar-refractivity contribution is 0.179. The fourth-order valence-electron chi connectivity index (χ4n) is 1.44. The molecule has 0 fully saturated rings. The third kappa shape index (κ3) is 5.31. The molecule has 94 valence electrons. The van der Waals surface area contributed by atoms with E-state index < -0.39 is 0 Å². The number of pyridine rings is 1. The highest BCUT2D eigenvalue weighted by molar-refractivity contribution is 5.78. The van der Waals surface area contributed by atoms with E-state index in [1.807, 2.05) is 26.0 Å². The molecule has 1 aromatic heterocycles. The second-order valence-electron chi connectivity index (χ2n) is 4.03. The van der Waals surface area contributed by atoms with Gasteiger partial charge in [0.25, 0.3) is 0 Å². The number of ether oxygens (including phenoxy) is 1. The molecule has 0 saturated heterocycles. The van der Waals surface area contributed by atoms with Gasteiger partial charge in [-0.05, 0) is 31.5 Å². The number of nitrogens with one attached hydrogen (secondary N) is 1.